The Morgan fingerprint density at radius 1 is 1.62 bits per heavy atom. The summed E-state index contributed by atoms with van der Waals surface area (Å²) in [6.45, 7) is 1.89. The molecule has 70 valence electrons. The first-order valence-corrected chi connectivity index (χ1v) is 4.16. The number of nitrogen functional groups attached to an aromatic ring is 1. The number of nitro groups is 1. The summed E-state index contributed by atoms with van der Waals surface area (Å²) >= 11 is 5.71. The quantitative estimate of drug-likeness (QED) is 0.453. The predicted molar refractivity (Wildman–Crippen MR) is 51.9 cm³/mol. The number of rotatable bonds is 2. The van der Waals surface area contributed by atoms with Crippen molar-refractivity contribution in [2.75, 3.05) is 5.73 Å². The molecule has 2 N–H and O–H groups in total. The van der Waals surface area contributed by atoms with Crippen LogP contribution in [0, 0.1) is 10.1 Å². The van der Waals surface area contributed by atoms with Gasteiger partial charge in [0.15, 0.2) is 0 Å². The zero-order chi connectivity index (χ0) is 10.0. The third-order valence-corrected chi connectivity index (χ3v) is 2.09. The van der Waals surface area contributed by atoms with Gasteiger partial charge < -0.3 is 5.73 Å². The minimum Gasteiger partial charge on any atom is -0.392 e. The highest BCUT2D eigenvalue weighted by molar-refractivity contribution is 6.33. The Hall–Kier alpha value is -1.29. The number of hydrogen-bond donors (Lipinski definition) is 1. The SMILES string of the molecule is CCc1cc(Cl)c(N)c([N+](=O)[O-])c1. The second-order valence-corrected chi connectivity index (χ2v) is 3.03. The average Bonchev–Trinajstić information content (AvgIpc) is 2.09. The number of anilines is 1. The smallest absolute Gasteiger partial charge is 0.293 e. The van der Waals surface area contributed by atoms with Crippen LogP contribution in [0.4, 0.5) is 11.4 Å². The van der Waals surface area contributed by atoms with Crippen LogP contribution in [0.3, 0.4) is 0 Å². The molecule has 1 rings (SSSR count). The van der Waals surface area contributed by atoms with Crippen molar-refractivity contribution in [2.24, 2.45) is 0 Å². The van der Waals surface area contributed by atoms with Crippen LogP contribution in [0.5, 0.6) is 0 Å². The standard InChI is InChI=1S/C8H9ClN2O2/c1-2-5-3-6(9)8(10)7(4-5)11(12)13/h3-4H,2,10H2,1H3. The number of benzene rings is 1. The van der Waals surface area contributed by atoms with Crippen molar-refractivity contribution in [3.05, 3.63) is 32.8 Å². The van der Waals surface area contributed by atoms with Crippen molar-refractivity contribution in [3.8, 4) is 0 Å². The largest absolute Gasteiger partial charge is 0.392 e. The molecule has 0 unspecified atom stereocenters. The summed E-state index contributed by atoms with van der Waals surface area (Å²) in [6, 6.07) is 3.09. The lowest BCUT2D eigenvalue weighted by Crippen LogP contribution is -1.97. The van der Waals surface area contributed by atoms with Crippen molar-refractivity contribution in [2.45, 2.75) is 13.3 Å². The first-order valence-electron chi connectivity index (χ1n) is 3.78. The van der Waals surface area contributed by atoms with E-state index in [-0.39, 0.29) is 16.4 Å². The monoisotopic (exact) mass is 200 g/mol. The molecule has 0 saturated carbocycles. The summed E-state index contributed by atoms with van der Waals surface area (Å²) in [7, 11) is 0. The molecule has 0 aromatic heterocycles. The maximum absolute atomic E-state index is 10.5. The fourth-order valence-electron chi connectivity index (χ4n) is 1.01. The molecule has 0 bridgehead atoms. The summed E-state index contributed by atoms with van der Waals surface area (Å²) < 4.78 is 0. The molecule has 0 aliphatic heterocycles. The molecule has 0 spiro atoms. The van der Waals surface area contributed by atoms with E-state index in [1.54, 1.807) is 6.07 Å². The van der Waals surface area contributed by atoms with Crippen LogP contribution in [0.15, 0.2) is 12.1 Å². The third-order valence-electron chi connectivity index (χ3n) is 1.77. The average molecular weight is 201 g/mol. The number of nitrogens with zero attached hydrogens (tertiary/aromatic N) is 1. The summed E-state index contributed by atoms with van der Waals surface area (Å²) in [5, 5.41) is 10.8. The lowest BCUT2D eigenvalue weighted by atomic mass is 10.1. The first-order chi connectivity index (χ1) is 6.06. The predicted octanol–water partition coefficient (Wildman–Crippen LogP) is 2.39. The van der Waals surface area contributed by atoms with Gasteiger partial charge in [-0.2, -0.15) is 0 Å². The van der Waals surface area contributed by atoms with Crippen molar-refractivity contribution in [1.29, 1.82) is 0 Å². The van der Waals surface area contributed by atoms with Crippen LogP contribution in [0.1, 0.15) is 12.5 Å². The van der Waals surface area contributed by atoms with Gasteiger partial charge in [0.25, 0.3) is 5.69 Å². The topological polar surface area (TPSA) is 69.2 Å². The third kappa shape index (κ3) is 1.89. The Kier molecular flexibility index (Phi) is 2.72. The first kappa shape index (κ1) is 9.80. The highest BCUT2D eigenvalue weighted by Gasteiger charge is 2.15. The number of hydrogen-bond acceptors (Lipinski definition) is 3. The summed E-state index contributed by atoms with van der Waals surface area (Å²) in [6.07, 6.45) is 0.695. The second kappa shape index (κ2) is 3.62. The lowest BCUT2D eigenvalue weighted by Gasteiger charge is -2.02. The van der Waals surface area contributed by atoms with Crippen LogP contribution < -0.4 is 5.73 Å². The molecule has 0 aliphatic rings. The van der Waals surface area contributed by atoms with E-state index in [9.17, 15) is 10.1 Å². The zero-order valence-electron chi connectivity index (χ0n) is 7.08. The Morgan fingerprint density at radius 3 is 2.69 bits per heavy atom. The van der Waals surface area contributed by atoms with E-state index in [0.29, 0.717) is 6.42 Å². The molecule has 4 nitrogen and oxygen atoms in total. The summed E-state index contributed by atoms with van der Waals surface area (Å²) in [5.41, 5.74) is 6.15. The lowest BCUT2D eigenvalue weighted by molar-refractivity contribution is -0.383. The van der Waals surface area contributed by atoms with Gasteiger partial charge in [-0.1, -0.05) is 18.5 Å². The molecule has 0 heterocycles. The molecular formula is C8H9ClN2O2. The Balaban J connectivity index is 3.33. The van der Waals surface area contributed by atoms with Crippen molar-refractivity contribution >= 4 is 23.0 Å². The molecule has 1 aromatic carbocycles. The van der Waals surface area contributed by atoms with Crippen LogP contribution in [-0.4, -0.2) is 4.92 Å². The van der Waals surface area contributed by atoms with Gasteiger partial charge in [0.05, 0.1) is 9.95 Å². The van der Waals surface area contributed by atoms with Gasteiger partial charge in [-0.15, -0.1) is 0 Å². The highest BCUT2D eigenvalue weighted by Crippen LogP contribution is 2.30. The second-order valence-electron chi connectivity index (χ2n) is 2.62. The van der Waals surface area contributed by atoms with Gasteiger partial charge in [-0.05, 0) is 18.1 Å². The minimum absolute atomic E-state index is 0.0314. The van der Waals surface area contributed by atoms with E-state index in [2.05, 4.69) is 0 Å². The maximum atomic E-state index is 10.5. The van der Waals surface area contributed by atoms with E-state index in [4.69, 9.17) is 17.3 Å². The Labute approximate surface area is 80.5 Å². The van der Waals surface area contributed by atoms with E-state index in [0.717, 1.165) is 5.56 Å². The highest BCUT2D eigenvalue weighted by atomic mass is 35.5. The van der Waals surface area contributed by atoms with Gasteiger partial charge in [-0.3, -0.25) is 10.1 Å². The number of halogens is 1. The molecule has 0 atom stereocenters. The normalized spacial score (nSPS) is 10.0. The van der Waals surface area contributed by atoms with Crippen molar-refractivity contribution in [3.63, 3.8) is 0 Å². The van der Waals surface area contributed by atoms with E-state index in [1.807, 2.05) is 6.92 Å². The number of nitrogens with two attached hydrogens (primary N) is 1. The molecule has 0 radical (unpaired) electrons. The van der Waals surface area contributed by atoms with Gasteiger partial charge in [0.2, 0.25) is 0 Å². The minimum atomic E-state index is -0.527. The maximum Gasteiger partial charge on any atom is 0.293 e. The van der Waals surface area contributed by atoms with Gasteiger partial charge in [0, 0.05) is 6.07 Å². The van der Waals surface area contributed by atoms with E-state index >= 15 is 0 Å². The fraction of sp³-hybridized carbons (Fsp3) is 0.250. The van der Waals surface area contributed by atoms with Gasteiger partial charge in [-0.25, -0.2) is 0 Å². The molecule has 0 saturated heterocycles. The Morgan fingerprint density at radius 2 is 2.23 bits per heavy atom. The molecule has 0 fully saturated rings. The van der Waals surface area contributed by atoms with E-state index in [1.165, 1.54) is 6.07 Å². The van der Waals surface area contributed by atoms with Crippen LogP contribution in [0.25, 0.3) is 0 Å². The Bertz CT molecular complexity index is 352. The van der Waals surface area contributed by atoms with E-state index < -0.39 is 4.92 Å². The van der Waals surface area contributed by atoms with Crippen LogP contribution >= 0.6 is 11.6 Å². The van der Waals surface area contributed by atoms with Crippen molar-refractivity contribution < 1.29 is 4.92 Å². The molecule has 5 heteroatoms. The number of nitro benzene ring substituents is 1. The molecular weight excluding hydrogens is 192 g/mol. The zero-order valence-corrected chi connectivity index (χ0v) is 7.84. The summed E-state index contributed by atoms with van der Waals surface area (Å²) in [5.74, 6) is 0. The number of aryl methyl sites for hydroxylation is 1. The fourth-order valence-corrected chi connectivity index (χ4v) is 1.25. The molecule has 13 heavy (non-hydrogen) atoms. The van der Waals surface area contributed by atoms with Gasteiger partial charge >= 0.3 is 0 Å². The molecule has 0 aliphatic carbocycles. The van der Waals surface area contributed by atoms with Crippen LogP contribution in [-0.2, 0) is 6.42 Å². The van der Waals surface area contributed by atoms with Crippen LogP contribution in [0.2, 0.25) is 5.02 Å². The van der Waals surface area contributed by atoms with Crippen molar-refractivity contribution in [1.82, 2.24) is 0 Å². The molecule has 0 amide bonds. The van der Waals surface area contributed by atoms with Gasteiger partial charge in [0.1, 0.15) is 5.69 Å². The summed E-state index contributed by atoms with van der Waals surface area (Å²) in [4.78, 5) is 9.98. The molecule has 1 aromatic rings.